The summed E-state index contributed by atoms with van der Waals surface area (Å²) in [6.07, 6.45) is -2.39. The summed E-state index contributed by atoms with van der Waals surface area (Å²) in [6.45, 7) is 4.09. The van der Waals surface area contributed by atoms with Crippen molar-refractivity contribution >= 4 is 5.78 Å². The zero-order chi connectivity index (χ0) is 14.8. The molecule has 0 spiro atoms. The van der Waals surface area contributed by atoms with Crippen molar-refractivity contribution in [2.24, 2.45) is 0 Å². The molecule has 3 nitrogen and oxygen atoms in total. The number of Topliss-reactive ketones (excluding diaryl/α,β-unsaturated/α-hetero) is 1. The van der Waals surface area contributed by atoms with Gasteiger partial charge in [0.05, 0.1) is 13.2 Å². The Labute approximate surface area is 116 Å². The highest BCUT2D eigenvalue weighted by Crippen LogP contribution is 2.38. The van der Waals surface area contributed by atoms with Crippen LogP contribution in [-0.4, -0.2) is 32.0 Å². The Morgan fingerprint density at radius 3 is 2.90 bits per heavy atom. The van der Waals surface area contributed by atoms with Gasteiger partial charge in [-0.25, -0.2) is 8.78 Å². The number of rotatable bonds is 6. The third-order valence-corrected chi connectivity index (χ3v) is 3.34. The normalized spacial score (nSPS) is 16.1. The summed E-state index contributed by atoms with van der Waals surface area (Å²) < 4.78 is 34.1. The van der Waals surface area contributed by atoms with Crippen LogP contribution >= 0.6 is 0 Å². The highest BCUT2D eigenvalue weighted by Gasteiger charge is 2.32. The van der Waals surface area contributed by atoms with E-state index < -0.39 is 13.0 Å². The first-order valence-electron chi connectivity index (χ1n) is 6.56. The quantitative estimate of drug-likeness (QED) is 0.594. The van der Waals surface area contributed by atoms with Gasteiger partial charge in [0, 0.05) is 23.0 Å². The number of carbonyl (C=O) groups is 1. The largest absolute Gasteiger partial charge is 0.492 e. The Hall–Kier alpha value is -1.49. The van der Waals surface area contributed by atoms with Crippen molar-refractivity contribution in [1.29, 1.82) is 0 Å². The third-order valence-electron chi connectivity index (χ3n) is 3.34. The second kappa shape index (κ2) is 5.87. The van der Waals surface area contributed by atoms with Gasteiger partial charge in [-0.15, -0.1) is 0 Å². The van der Waals surface area contributed by atoms with Crippen molar-refractivity contribution in [1.82, 2.24) is 0 Å². The molecular formula is C15H18F2O3. The van der Waals surface area contributed by atoms with Crippen LogP contribution in [0.2, 0.25) is 0 Å². The minimum absolute atomic E-state index is 0.0140. The molecule has 0 atom stereocenters. The van der Waals surface area contributed by atoms with Gasteiger partial charge >= 0.3 is 0 Å². The number of ether oxygens (including phenoxy) is 2. The number of alkyl halides is 2. The molecule has 1 aliphatic rings. The number of benzene rings is 1. The zero-order valence-corrected chi connectivity index (χ0v) is 11.6. The molecule has 0 N–H and O–H groups in total. The van der Waals surface area contributed by atoms with Crippen molar-refractivity contribution < 1.29 is 23.0 Å². The number of hydrogen-bond acceptors (Lipinski definition) is 3. The molecule has 0 amide bonds. The fourth-order valence-corrected chi connectivity index (χ4v) is 2.18. The maximum absolute atomic E-state index is 12.0. The van der Waals surface area contributed by atoms with Crippen molar-refractivity contribution in [3.05, 3.63) is 29.3 Å². The molecule has 0 radical (unpaired) electrons. The third kappa shape index (κ3) is 3.33. The van der Waals surface area contributed by atoms with Crippen LogP contribution in [0.4, 0.5) is 8.78 Å². The maximum atomic E-state index is 12.0. The lowest BCUT2D eigenvalue weighted by Crippen LogP contribution is -2.18. The lowest BCUT2D eigenvalue weighted by atomic mass is 9.85. The Morgan fingerprint density at radius 2 is 2.20 bits per heavy atom. The number of halogens is 2. The average Bonchev–Trinajstić information content (AvgIpc) is 2.70. The van der Waals surface area contributed by atoms with E-state index in [1.807, 2.05) is 6.07 Å². The fourth-order valence-electron chi connectivity index (χ4n) is 2.18. The van der Waals surface area contributed by atoms with Gasteiger partial charge in [-0.2, -0.15) is 0 Å². The lowest BCUT2D eigenvalue weighted by Gasteiger charge is -2.15. The van der Waals surface area contributed by atoms with Crippen molar-refractivity contribution in [2.45, 2.75) is 32.1 Å². The Balaban J connectivity index is 1.98. The molecule has 2 rings (SSSR count). The molecule has 0 aromatic heterocycles. The minimum Gasteiger partial charge on any atom is -0.492 e. The average molecular weight is 284 g/mol. The van der Waals surface area contributed by atoms with Gasteiger partial charge < -0.3 is 9.47 Å². The van der Waals surface area contributed by atoms with Gasteiger partial charge in [-0.3, -0.25) is 4.79 Å². The molecule has 0 bridgehead atoms. The second-order valence-corrected chi connectivity index (χ2v) is 5.52. The van der Waals surface area contributed by atoms with Crippen LogP contribution in [0.3, 0.4) is 0 Å². The molecule has 1 aromatic rings. The van der Waals surface area contributed by atoms with Gasteiger partial charge in [0.15, 0.2) is 5.78 Å². The van der Waals surface area contributed by atoms with Crippen LogP contribution in [0.25, 0.3) is 0 Å². The molecule has 20 heavy (non-hydrogen) atoms. The summed E-state index contributed by atoms with van der Waals surface area (Å²) in [4.78, 5) is 12.0. The molecule has 0 aliphatic carbocycles. The lowest BCUT2D eigenvalue weighted by molar-refractivity contribution is 0.0170. The van der Waals surface area contributed by atoms with Gasteiger partial charge in [-0.05, 0) is 18.2 Å². The topological polar surface area (TPSA) is 35.5 Å². The maximum Gasteiger partial charge on any atom is 0.261 e. The van der Waals surface area contributed by atoms with Crippen LogP contribution in [0.15, 0.2) is 18.2 Å². The minimum atomic E-state index is -2.50. The predicted octanol–water partition coefficient (Wildman–Crippen LogP) is 3.21. The van der Waals surface area contributed by atoms with Crippen molar-refractivity contribution in [3.8, 4) is 5.75 Å². The summed E-state index contributed by atoms with van der Waals surface area (Å²) >= 11 is 0. The summed E-state index contributed by atoms with van der Waals surface area (Å²) in [5.74, 6) is 0.699. The van der Waals surface area contributed by atoms with E-state index in [9.17, 15) is 13.6 Å². The van der Waals surface area contributed by atoms with E-state index in [0.29, 0.717) is 12.2 Å². The molecular weight excluding hydrogens is 266 g/mol. The van der Waals surface area contributed by atoms with Gasteiger partial charge in [0.1, 0.15) is 12.4 Å². The summed E-state index contributed by atoms with van der Waals surface area (Å²) in [5, 5.41) is 0. The van der Waals surface area contributed by atoms with E-state index in [2.05, 4.69) is 13.8 Å². The Kier molecular flexibility index (Phi) is 4.38. The molecule has 110 valence electrons. The second-order valence-electron chi connectivity index (χ2n) is 5.52. The predicted molar refractivity (Wildman–Crippen MR) is 70.7 cm³/mol. The molecule has 1 aliphatic heterocycles. The number of hydrogen-bond donors (Lipinski definition) is 0. The van der Waals surface area contributed by atoms with Crippen LogP contribution in [0.1, 0.15) is 36.2 Å². The number of ketones is 1. The fraction of sp³-hybridized carbons (Fsp3) is 0.533. The van der Waals surface area contributed by atoms with Crippen LogP contribution in [-0.2, 0) is 10.2 Å². The SMILES string of the molecule is CC1(C)COc2ccc(C(=O)CCOCC(F)F)cc21. The van der Waals surface area contributed by atoms with Crippen LogP contribution in [0, 0.1) is 0 Å². The molecule has 5 heteroatoms. The Bertz CT molecular complexity index is 498. The standard InChI is InChI=1S/C15H18F2O3/c1-15(2)9-20-13-4-3-10(7-11(13)15)12(18)5-6-19-8-14(16)17/h3-4,7,14H,5-6,8-9H2,1-2H3. The van der Waals surface area contributed by atoms with E-state index in [1.165, 1.54) is 0 Å². The smallest absolute Gasteiger partial charge is 0.261 e. The molecule has 0 saturated heterocycles. The number of fused-ring (bicyclic) bond motifs is 1. The van der Waals surface area contributed by atoms with Crippen LogP contribution in [0.5, 0.6) is 5.75 Å². The molecule has 0 saturated carbocycles. The molecule has 1 aromatic carbocycles. The van der Waals surface area contributed by atoms with Gasteiger partial charge in [-0.1, -0.05) is 13.8 Å². The molecule has 0 unspecified atom stereocenters. The van der Waals surface area contributed by atoms with Crippen LogP contribution < -0.4 is 4.74 Å². The molecule has 0 fully saturated rings. The first-order valence-corrected chi connectivity index (χ1v) is 6.56. The first-order chi connectivity index (χ1) is 9.40. The molecule has 1 heterocycles. The van der Waals surface area contributed by atoms with E-state index >= 15 is 0 Å². The van der Waals surface area contributed by atoms with Gasteiger partial charge in [0.25, 0.3) is 6.43 Å². The van der Waals surface area contributed by atoms with E-state index in [4.69, 9.17) is 9.47 Å². The summed E-state index contributed by atoms with van der Waals surface area (Å²) in [7, 11) is 0. The van der Waals surface area contributed by atoms with E-state index in [1.54, 1.807) is 12.1 Å². The highest BCUT2D eigenvalue weighted by molar-refractivity contribution is 5.96. The Morgan fingerprint density at radius 1 is 1.45 bits per heavy atom. The van der Waals surface area contributed by atoms with Gasteiger partial charge in [0.2, 0.25) is 0 Å². The van der Waals surface area contributed by atoms with Crippen molar-refractivity contribution in [2.75, 3.05) is 19.8 Å². The summed E-state index contributed by atoms with van der Waals surface area (Å²) in [6, 6.07) is 5.32. The monoisotopic (exact) mass is 284 g/mol. The van der Waals surface area contributed by atoms with E-state index in [-0.39, 0.29) is 24.2 Å². The van der Waals surface area contributed by atoms with Crippen molar-refractivity contribution in [3.63, 3.8) is 0 Å². The highest BCUT2D eigenvalue weighted by atomic mass is 19.3. The zero-order valence-electron chi connectivity index (χ0n) is 11.6. The number of carbonyl (C=O) groups excluding carboxylic acids is 1. The summed E-state index contributed by atoms with van der Waals surface area (Å²) in [5.41, 5.74) is 1.47. The van der Waals surface area contributed by atoms with E-state index in [0.717, 1.165) is 11.3 Å². The first kappa shape index (κ1) is 14.9.